The lowest BCUT2D eigenvalue weighted by molar-refractivity contribution is -0.384. The monoisotopic (exact) mass is 343 g/mol. The van der Waals surface area contributed by atoms with Crippen molar-refractivity contribution in [2.45, 2.75) is 28.5 Å². The van der Waals surface area contributed by atoms with Gasteiger partial charge in [-0.3, -0.25) is 15.1 Å². The minimum absolute atomic E-state index is 0.116. The molecule has 2 heterocycles. The molecule has 0 fully saturated rings. The molecule has 2 unspecified atom stereocenters. The molecule has 1 aromatic carbocycles. The van der Waals surface area contributed by atoms with Gasteiger partial charge in [-0.05, 0) is 30.6 Å². The van der Waals surface area contributed by atoms with E-state index < -0.39 is 0 Å². The third kappa shape index (κ3) is 2.94. The molecular formula is C16H13N3O2S2. The molecule has 2 aliphatic rings. The van der Waals surface area contributed by atoms with E-state index in [0.29, 0.717) is 11.3 Å². The molecule has 23 heavy (non-hydrogen) atoms. The highest BCUT2D eigenvalue weighted by atomic mass is 32.2. The number of benzene rings is 1. The van der Waals surface area contributed by atoms with Crippen molar-refractivity contribution < 1.29 is 4.92 Å². The van der Waals surface area contributed by atoms with Gasteiger partial charge in [0, 0.05) is 23.6 Å². The molecule has 0 bridgehead atoms. The lowest BCUT2D eigenvalue weighted by Gasteiger charge is -2.25. The molecule has 2 atom stereocenters. The van der Waals surface area contributed by atoms with E-state index in [1.54, 1.807) is 23.9 Å². The summed E-state index contributed by atoms with van der Waals surface area (Å²) >= 11 is 3.26. The van der Waals surface area contributed by atoms with Crippen LogP contribution in [0, 0.1) is 10.1 Å². The Labute approximate surface area is 141 Å². The number of nitrogens with zero attached hydrogens (tertiary/aromatic N) is 3. The van der Waals surface area contributed by atoms with E-state index >= 15 is 0 Å². The molecule has 0 amide bonds. The summed E-state index contributed by atoms with van der Waals surface area (Å²) in [7, 11) is 0. The number of thiazole rings is 1. The third-order valence-corrected chi connectivity index (χ3v) is 6.26. The average Bonchev–Trinajstić information content (AvgIpc) is 2.96. The molecular weight excluding hydrogens is 330 g/mol. The standard InChI is InChI=1S/C16H13N3O2S2/c20-19(21)11-3-5-14-15(9-11)23-16(18-14)22-12-4-6-13-10(8-12)2-1-7-17-13/h1-3,5,7-9,12-13H,4,6H2. The Bertz CT molecular complexity index is 869. The minimum atomic E-state index is -0.367. The zero-order chi connectivity index (χ0) is 15.8. The van der Waals surface area contributed by atoms with E-state index in [1.807, 2.05) is 12.3 Å². The Morgan fingerprint density at radius 3 is 3.13 bits per heavy atom. The van der Waals surface area contributed by atoms with Crippen molar-refractivity contribution in [2.75, 3.05) is 0 Å². The molecule has 1 aliphatic heterocycles. The number of aliphatic imine (C=N–C) groups is 1. The zero-order valence-corrected chi connectivity index (χ0v) is 13.7. The maximum absolute atomic E-state index is 10.9. The van der Waals surface area contributed by atoms with Gasteiger partial charge in [0.05, 0.1) is 21.2 Å². The van der Waals surface area contributed by atoms with Crippen LogP contribution in [-0.4, -0.2) is 27.4 Å². The summed E-state index contributed by atoms with van der Waals surface area (Å²) in [5.74, 6) is 0. The predicted molar refractivity (Wildman–Crippen MR) is 94.7 cm³/mol. The average molecular weight is 343 g/mol. The quantitative estimate of drug-likeness (QED) is 0.612. The molecule has 4 rings (SSSR count). The zero-order valence-electron chi connectivity index (χ0n) is 12.1. The van der Waals surface area contributed by atoms with E-state index in [-0.39, 0.29) is 10.6 Å². The molecule has 0 radical (unpaired) electrons. The fourth-order valence-corrected chi connectivity index (χ4v) is 5.26. The summed E-state index contributed by atoms with van der Waals surface area (Å²) in [6.07, 6.45) is 10.4. The van der Waals surface area contributed by atoms with Gasteiger partial charge in [-0.25, -0.2) is 4.98 Å². The molecule has 0 saturated heterocycles. The smallest absolute Gasteiger partial charge is 0.270 e. The van der Waals surface area contributed by atoms with Crippen LogP contribution < -0.4 is 0 Å². The van der Waals surface area contributed by atoms with Gasteiger partial charge < -0.3 is 0 Å². The number of nitro benzene ring substituents is 1. The largest absolute Gasteiger partial charge is 0.285 e. The van der Waals surface area contributed by atoms with Crippen molar-refractivity contribution in [3.63, 3.8) is 0 Å². The number of dihydropyridines is 1. The fraction of sp³-hybridized carbons (Fsp3) is 0.250. The van der Waals surface area contributed by atoms with E-state index in [1.165, 1.54) is 23.0 Å². The summed E-state index contributed by atoms with van der Waals surface area (Å²) in [4.78, 5) is 19.6. The number of hydrogen-bond acceptors (Lipinski definition) is 6. The van der Waals surface area contributed by atoms with Crippen molar-refractivity contribution in [3.05, 3.63) is 52.1 Å². The van der Waals surface area contributed by atoms with E-state index in [0.717, 1.165) is 27.4 Å². The van der Waals surface area contributed by atoms with E-state index in [4.69, 9.17) is 0 Å². The molecule has 7 heteroatoms. The highest BCUT2D eigenvalue weighted by molar-refractivity contribution is 8.01. The second-order valence-electron chi connectivity index (χ2n) is 5.46. The van der Waals surface area contributed by atoms with Crippen LogP contribution in [0.5, 0.6) is 0 Å². The Kier molecular flexibility index (Phi) is 3.74. The van der Waals surface area contributed by atoms with Crippen molar-refractivity contribution in [1.29, 1.82) is 0 Å². The minimum Gasteiger partial charge on any atom is -0.285 e. The van der Waals surface area contributed by atoms with Gasteiger partial charge in [0.2, 0.25) is 0 Å². The number of non-ortho nitro benzene ring substituents is 1. The van der Waals surface area contributed by atoms with Crippen LogP contribution in [-0.2, 0) is 0 Å². The van der Waals surface area contributed by atoms with Crippen LogP contribution in [0.4, 0.5) is 5.69 Å². The third-order valence-electron chi connectivity index (χ3n) is 3.94. The van der Waals surface area contributed by atoms with Gasteiger partial charge in [-0.1, -0.05) is 23.9 Å². The SMILES string of the molecule is O=[N+]([O-])c1ccc2nc(SC3C=C4C=CC=NC4CC3)sc2c1. The first-order valence-corrected chi connectivity index (χ1v) is 9.02. The maximum Gasteiger partial charge on any atom is 0.270 e. The topological polar surface area (TPSA) is 68.4 Å². The van der Waals surface area contributed by atoms with Gasteiger partial charge in [0.15, 0.2) is 4.34 Å². The number of rotatable bonds is 3. The highest BCUT2D eigenvalue weighted by Gasteiger charge is 2.23. The van der Waals surface area contributed by atoms with Crippen LogP contribution in [0.3, 0.4) is 0 Å². The van der Waals surface area contributed by atoms with E-state index in [9.17, 15) is 10.1 Å². The predicted octanol–water partition coefficient (Wildman–Crippen LogP) is 4.39. The van der Waals surface area contributed by atoms with Gasteiger partial charge >= 0.3 is 0 Å². The highest BCUT2D eigenvalue weighted by Crippen LogP contribution is 2.38. The first-order valence-electron chi connectivity index (χ1n) is 7.32. The molecule has 0 saturated carbocycles. The van der Waals surface area contributed by atoms with Crippen LogP contribution in [0.25, 0.3) is 10.2 Å². The van der Waals surface area contributed by atoms with Crippen molar-refractivity contribution in [3.8, 4) is 0 Å². The van der Waals surface area contributed by atoms with Crippen LogP contribution >= 0.6 is 23.1 Å². The molecule has 0 spiro atoms. The number of thioether (sulfide) groups is 1. The Morgan fingerprint density at radius 2 is 2.26 bits per heavy atom. The number of fused-ring (bicyclic) bond motifs is 2. The van der Waals surface area contributed by atoms with Crippen LogP contribution in [0.1, 0.15) is 12.8 Å². The first-order chi connectivity index (χ1) is 11.2. The summed E-state index contributed by atoms with van der Waals surface area (Å²) in [5, 5.41) is 11.2. The number of nitro groups is 1. The Hall–Kier alpha value is -1.99. The second kappa shape index (κ2) is 5.90. The van der Waals surface area contributed by atoms with Crippen molar-refractivity contribution >= 4 is 45.2 Å². The van der Waals surface area contributed by atoms with Crippen molar-refractivity contribution in [2.24, 2.45) is 4.99 Å². The van der Waals surface area contributed by atoms with Gasteiger partial charge in [0.25, 0.3) is 5.69 Å². The van der Waals surface area contributed by atoms with E-state index in [2.05, 4.69) is 22.1 Å². The molecule has 116 valence electrons. The van der Waals surface area contributed by atoms with Gasteiger partial charge in [-0.15, -0.1) is 11.3 Å². The van der Waals surface area contributed by atoms with Crippen LogP contribution in [0.15, 0.2) is 51.3 Å². The molecule has 0 N–H and O–H groups in total. The Balaban J connectivity index is 1.57. The summed E-state index contributed by atoms with van der Waals surface area (Å²) in [6.45, 7) is 0. The summed E-state index contributed by atoms with van der Waals surface area (Å²) < 4.78 is 1.83. The first kappa shape index (κ1) is 14.6. The number of hydrogen-bond donors (Lipinski definition) is 0. The number of aromatic nitrogens is 1. The molecule has 1 aliphatic carbocycles. The van der Waals surface area contributed by atoms with Gasteiger partial charge in [-0.2, -0.15) is 0 Å². The van der Waals surface area contributed by atoms with Crippen molar-refractivity contribution in [1.82, 2.24) is 4.98 Å². The Morgan fingerprint density at radius 1 is 1.35 bits per heavy atom. The maximum atomic E-state index is 10.9. The normalized spacial score (nSPS) is 22.9. The lowest BCUT2D eigenvalue weighted by atomic mass is 9.93. The molecule has 1 aromatic heterocycles. The number of allylic oxidation sites excluding steroid dienone is 1. The van der Waals surface area contributed by atoms with Gasteiger partial charge in [0.1, 0.15) is 0 Å². The second-order valence-corrected chi connectivity index (χ2v) is 7.98. The molecule has 2 aromatic rings. The van der Waals surface area contributed by atoms with Crippen LogP contribution in [0.2, 0.25) is 0 Å². The summed E-state index contributed by atoms with van der Waals surface area (Å²) in [6, 6.07) is 5.15. The molecule has 5 nitrogen and oxygen atoms in total. The lowest BCUT2D eigenvalue weighted by Crippen LogP contribution is -2.19. The fourth-order valence-electron chi connectivity index (χ4n) is 2.81. The summed E-state index contributed by atoms with van der Waals surface area (Å²) in [5.41, 5.74) is 2.23.